The van der Waals surface area contributed by atoms with Crippen molar-refractivity contribution in [3.63, 3.8) is 0 Å². The zero-order chi connectivity index (χ0) is 15.3. The zero-order valence-electron chi connectivity index (χ0n) is 13.4. The number of thiazole rings is 1. The molecule has 2 aromatic rings. The fourth-order valence-corrected chi connectivity index (χ4v) is 5.25. The van der Waals surface area contributed by atoms with Crippen LogP contribution < -0.4 is 4.74 Å². The van der Waals surface area contributed by atoms with Crippen LogP contribution in [0.4, 0.5) is 0 Å². The van der Waals surface area contributed by atoms with Gasteiger partial charge in [0.25, 0.3) is 0 Å². The predicted molar refractivity (Wildman–Crippen MR) is 92.5 cm³/mol. The maximum Gasteiger partial charge on any atom is 0.145 e. The molecule has 0 radical (unpaired) electrons. The van der Waals surface area contributed by atoms with Crippen molar-refractivity contribution < 1.29 is 4.74 Å². The molecular weight excluding hydrogens is 292 g/mol. The molecule has 0 aliphatic heterocycles. The van der Waals surface area contributed by atoms with Crippen LogP contribution in [-0.2, 0) is 0 Å². The van der Waals surface area contributed by atoms with Crippen LogP contribution in [0.15, 0.2) is 23.8 Å². The number of allylic oxidation sites excluding steroid dienone is 1. The largest absolute Gasteiger partial charge is 0.494 e. The molecular formula is C18H22N2OS. The summed E-state index contributed by atoms with van der Waals surface area (Å²) in [5, 5.41) is 1.23. The van der Waals surface area contributed by atoms with Crippen molar-refractivity contribution in [2.75, 3.05) is 27.7 Å². The van der Waals surface area contributed by atoms with E-state index >= 15 is 0 Å². The van der Waals surface area contributed by atoms with Crippen LogP contribution >= 0.6 is 11.3 Å². The summed E-state index contributed by atoms with van der Waals surface area (Å²) in [5.74, 6) is 2.40. The summed E-state index contributed by atoms with van der Waals surface area (Å²) in [4.78, 5) is 7.25. The van der Waals surface area contributed by atoms with Gasteiger partial charge in [-0.1, -0.05) is 6.07 Å². The van der Waals surface area contributed by atoms with Crippen molar-refractivity contribution in [1.82, 2.24) is 9.88 Å². The van der Waals surface area contributed by atoms with Crippen LogP contribution in [0.5, 0.6) is 5.75 Å². The highest BCUT2D eigenvalue weighted by Gasteiger charge is 2.40. The SMILES string of the molecule is COc1cccc2sc(C3=C(CN(C)C)C4CCC3C4)nc12. The second-order valence-electron chi connectivity index (χ2n) is 6.71. The van der Waals surface area contributed by atoms with E-state index in [9.17, 15) is 0 Å². The van der Waals surface area contributed by atoms with Crippen molar-refractivity contribution >= 4 is 27.1 Å². The molecule has 3 nitrogen and oxygen atoms in total. The second kappa shape index (κ2) is 5.36. The summed E-state index contributed by atoms with van der Waals surface area (Å²) in [6.45, 7) is 1.07. The molecule has 0 saturated heterocycles. The average Bonchev–Trinajstić information content (AvgIpc) is 3.19. The molecule has 1 fully saturated rings. The van der Waals surface area contributed by atoms with Gasteiger partial charge in [0, 0.05) is 6.54 Å². The van der Waals surface area contributed by atoms with Gasteiger partial charge in [-0.2, -0.15) is 0 Å². The minimum Gasteiger partial charge on any atom is -0.494 e. The Morgan fingerprint density at radius 3 is 2.86 bits per heavy atom. The van der Waals surface area contributed by atoms with Gasteiger partial charge in [-0.05, 0) is 68.5 Å². The Balaban J connectivity index is 1.84. The van der Waals surface area contributed by atoms with E-state index in [0.717, 1.165) is 29.6 Å². The first kappa shape index (κ1) is 14.2. The third-order valence-corrected chi connectivity index (χ3v) is 6.05. The van der Waals surface area contributed by atoms with E-state index in [0.29, 0.717) is 0 Å². The van der Waals surface area contributed by atoms with Gasteiger partial charge in [0.15, 0.2) is 0 Å². The van der Waals surface area contributed by atoms with Gasteiger partial charge in [-0.3, -0.25) is 0 Å². The lowest BCUT2D eigenvalue weighted by Gasteiger charge is -2.21. The van der Waals surface area contributed by atoms with E-state index < -0.39 is 0 Å². The monoisotopic (exact) mass is 314 g/mol. The van der Waals surface area contributed by atoms with E-state index in [1.54, 1.807) is 18.3 Å². The van der Waals surface area contributed by atoms with Crippen LogP contribution in [0, 0.1) is 11.8 Å². The summed E-state index contributed by atoms with van der Waals surface area (Å²) in [6.07, 6.45) is 4.04. The molecule has 2 aliphatic carbocycles. The number of rotatable bonds is 4. The molecule has 0 amide bonds. The number of methoxy groups -OCH3 is 1. The first-order chi connectivity index (χ1) is 10.7. The van der Waals surface area contributed by atoms with Crippen LogP contribution in [0.25, 0.3) is 15.8 Å². The number of ether oxygens (including phenoxy) is 1. The number of hydrogen-bond acceptors (Lipinski definition) is 4. The highest BCUT2D eigenvalue weighted by molar-refractivity contribution is 7.19. The Morgan fingerprint density at radius 2 is 2.09 bits per heavy atom. The van der Waals surface area contributed by atoms with E-state index in [2.05, 4.69) is 31.1 Å². The standard InChI is InChI=1S/C18H22N2OS/c1-20(2)10-13-11-7-8-12(9-11)16(13)18-19-17-14(21-3)5-4-6-15(17)22-18/h4-6,11-12H,7-10H2,1-3H3. The third-order valence-electron chi connectivity index (χ3n) is 5.00. The van der Waals surface area contributed by atoms with Gasteiger partial charge < -0.3 is 9.64 Å². The first-order valence-electron chi connectivity index (χ1n) is 7.99. The number of fused-ring (bicyclic) bond motifs is 3. The van der Waals surface area contributed by atoms with Gasteiger partial charge in [0.2, 0.25) is 0 Å². The Labute approximate surface area is 135 Å². The minimum atomic E-state index is 0.728. The normalized spacial score (nSPS) is 24.0. The van der Waals surface area contributed by atoms with Gasteiger partial charge in [-0.15, -0.1) is 11.3 Å². The number of benzene rings is 1. The molecule has 0 spiro atoms. The Bertz CT molecular complexity index is 747. The number of likely N-dealkylation sites (N-methyl/N-ethyl adjacent to an activating group) is 1. The molecule has 1 aromatic heterocycles. The highest BCUT2D eigenvalue weighted by Crippen LogP contribution is 2.53. The summed E-state index contributed by atoms with van der Waals surface area (Å²) in [6, 6.07) is 6.21. The molecule has 116 valence electrons. The lowest BCUT2D eigenvalue weighted by atomic mass is 9.92. The van der Waals surface area contributed by atoms with Crippen molar-refractivity contribution in [3.8, 4) is 5.75 Å². The Hall–Kier alpha value is -1.39. The number of para-hydroxylation sites is 1. The first-order valence-corrected chi connectivity index (χ1v) is 8.80. The molecule has 1 aromatic carbocycles. The molecule has 1 saturated carbocycles. The fourth-order valence-electron chi connectivity index (χ4n) is 4.11. The Morgan fingerprint density at radius 1 is 1.27 bits per heavy atom. The molecule has 0 N–H and O–H groups in total. The molecule has 2 unspecified atom stereocenters. The fraction of sp³-hybridized carbons (Fsp3) is 0.500. The number of nitrogens with zero attached hydrogens (tertiary/aromatic N) is 2. The quantitative estimate of drug-likeness (QED) is 0.851. The summed E-state index contributed by atoms with van der Waals surface area (Å²) in [7, 11) is 6.05. The Kier molecular flexibility index (Phi) is 3.46. The van der Waals surface area contributed by atoms with Gasteiger partial charge >= 0.3 is 0 Å². The molecule has 2 bridgehead atoms. The van der Waals surface area contributed by atoms with E-state index in [1.165, 1.54) is 29.0 Å². The van der Waals surface area contributed by atoms with Gasteiger partial charge in [0.1, 0.15) is 16.3 Å². The third kappa shape index (κ3) is 2.17. The van der Waals surface area contributed by atoms with Crippen LogP contribution in [-0.4, -0.2) is 37.6 Å². The van der Waals surface area contributed by atoms with Crippen molar-refractivity contribution in [1.29, 1.82) is 0 Å². The maximum atomic E-state index is 5.48. The molecule has 4 rings (SSSR count). The highest BCUT2D eigenvalue weighted by atomic mass is 32.1. The minimum absolute atomic E-state index is 0.728. The number of aromatic nitrogens is 1. The molecule has 4 heteroatoms. The second-order valence-corrected chi connectivity index (χ2v) is 7.74. The number of hydrogen-bond donors (Lipinski definition) is 0. The maximum absolute atomic E-state index is 5.48. The smallest absolute Gasteiger partial charge is 0.145 e. The molecule has 2 aliphatic rings. The zero-order valence-corrected chi connectivity index (χ0v) is 14.2. The van der Waals surface area contributed by atoms with Crippen molar-refractivity contribution in [3.05, 3.63) is 28.8 Å². The van der Waals surface area contributed by atoms with Gasteiger partial charge in [-0.25, -0.2) is 4.98 Å². The molecule has 2 atom stereocenters. The van der Waals surface area contributed by atoms with E-state index in [-0.39, 0.29) is 0 Å². The topological polar surface area (TPSA) is 25.4 Å². The van der Waals surface area contributed by atoms with Crippen molar-refractivity contribution in [2.24, 2.45) is 11.8 Å². The van der Waals surface area contributed by atoms with Crippen LogP contribution in [0.1, 0.15) is 24.3 Å². The molecule has 22 heavy (non-hydrogen) atoms. The summed E-state index contributed by atoms with van der Waals surface area (Å²) < 4.78 is 6.71. The van der Waals surface area contributed by atoms with E-state index in [1.807, 2.05) is 17.4 Å². The van der Waals surface area contributed by atoms with E-state index in [4.69, 9.17) is 9.72 Å². The van der Waals surface area contributed by atoms with Crippen LogP contribution in [0.3, 0.4) is 0 Å². The molecule has 1 heterocycles. The predicted octanol–water partition coefficient (Wildman–Crippen LogP) is 4.05. The lowest BCUT2D eigenvalue weighted by Crippen LogP contribution is -2.19. The average molecular weight is 314 g/mol. The van der Waals surface area contributed by atoms with Crippen molar-refractivity contribution in [2.45, 2.75) is 19.3 Å². The van der Waals surface area contributed by atoms with Crippen LogP contribution in [0.2, 0.25) is 0 Å². The lowest BCUT2D eigenvalue weighted by molar-refractivity contribution is 0.419. The summed E-state index contributed by atoms with van der Waals surface area (Å²) in [5.41, 5.74) is 4.21. The summed E-state index contributed by atoms with van der Waals surface area (Å²) >= 11 is 1.83. The van der Waals surface area contributed by atoms with Gasteiger partial charge in [0.05, 0.1) is 11.8 Å².